The topological polar surface area (TPSA) is 33.1 Å². The van der Waals surface area contributed by atoms with Crippen LogP contribution in [0.5, 0.6) is 0 Å². The highest BCUT2D eigenvalue weighted by Gasteiger charge is 2.33. The Morgan fingerprint density at radius 3 is 2.95 bits per heavy atom. The van der Waals surface area contributed by atoms with E-state index >= 15 is 0 Å². The van der Waals surface area contributed by atoms with Crippen molar-refractivity contribution in [3.05, 3.63) is 17.2 Å². The Kier molecular flexibility index (Phi) is 2.88. The zero-order valence-corrected chi connectivity index (χ0v) is 11.9. The molecule has 1 aromatic rings. The van der Waals surface area contributed by atoms with Crippen LogP contribution >= 0.6 is 0 Å². The molecule has 1 atom stereocenters. The minimum Gasteiger partial charge on any atom is -0.331 e. The summed E-state index contributed by atoms with van der Waals surface area (Å²) in [5.74, 6) is 3.00. The van der Waals surface area contributed by atoms with Crippen LogP contribution in [0.3, 0.4) is 0 Å². The third kappa shape index (κ3) is 2.21. The Morgan fingerprint density at radius 1 is 1.32 bits per heavy atom. The predicted octanol–water partition coefficient (Wildman–Crippen LogP) is 1.36. The molecule has 0 bridgehead atoms. The number of likely N-dealkylation sites (tertiary alicyclic amines) is 1. The molecule has 1 saturated heterocycles. The molecule has 1 aromatic heterocycles. The van der Waals surface area contributed by atoms with Crippen molar-refractivity contribution in [2.75, 3.05) is 26.7 Å². The molecule has 0 spiro atoms. The average Bonchev–Trinajstić information content (AvgIpc) is 3.09. The predicted molar refractivity (Wildman–Crippen MR) is 75.2 cm³/mol. The lowest BCUT2D eigenvalue weighted by Crippen LogP contribution is -2.26. The molecule has 0 amide bonds. The lowest BCUT2D eigenvalue weighted by molar-refractivity contribution is 0.372. The molecular weight excluding hydrogens is 236 g/mol. The third-order valence-electron chi connectivity index (χ3n) is 4.89. The fourth-order valence-electron chi connectivity index (χ4n) is 3.68. The molecule has 0 radical (unpaired) electrons. The van der Waals surface area contributed by atoms with E-state index in [9.17, 15) is 0 Å². The molecule has 1 unspecified atom stereocenters. The second-order valence-electron chi connectivity index (χ2n) is 6.59. The summed E-state index contributed by atoms with van der Waals surface area (Å²) in [7, 11) is 2.25. The number of rotatable bonds is 3. The summed E-state index contributed by atoms with van der Waals surface area (Å²) in [4.78, 5) is 7.43. The summed E-state index contributed by atoms with van der Waals surface area (Å²) in [6.07, 6.45) is 5.23. The first-order valence-electron chi connectivity index (χ1n) is 7.78. The SMILES string of the molecule is CN1CCC(Cn2c(C3CC3)nc3c2CCNC3)C1. The molecule has 4 nitrogen and oxygen atoms in total. The van der Waals surface area contributed by atoms with Gasteiger partial charge in [0.15, 0.2) is 0 Å². The Balaban J connectivity index is 1.63. The highest BCUT2D eigenvalue weighted by Crippen LogP contribution is 2.41. The van der Waals surface area contributed by atoms with Crippen LogP contribution in [0.1, 0.15) is 42.4 Å². The number of hydrogen-bond donors (Lipinski definition) is 1. The largest absolute Gasteiger partial charge is 0.331 e. The van der Waals surface area contributed by atoms with Gasteiger partial charge in [-0.15, -0.1) is 0 Å². The van der Waals surface area contributed by atoms with Crippen molar-refractivity contribution >= 4 is 0 Å². The van der Waals surface area contributed by atoms with E-state index in [-0.39, 0.29) is 0 Å². The van der Waals surface area contributed by atoms with Gasteiger partial charge in [0.1, 0.15) is 5.82 Å². The van der Waals surface area contributed by atoms with Crippen LogP contribution in [0.2, 0.25) is 0 Å². The molecule has 3 heterocycles. The zero-order chi connectivity index (χ0) is 12.8. The lowest BCUT2D eigenvalue weighted by Gasteiger charge is -2.19. The van der Waals surface area contributed by atoms with Gasteiger partial charge >= 0.3 is 0 Å². The molecule has 19 heavy (non-hydrogen) atoms. The maximum absolute atomic E-state index is 4.96. The first-order valence-corrected chi connectivity index (χ1v) is 7.78. The Hall–Kier alpha value is -0.870. The molecule has 4 rings (SSSR count). The van der Waals surface area contributed by atoms with E-state index in [1.165, 1.54) is 56.1 Å². The summed E-state index contributed by atoms with van der Waals surface area (Å²) in [6, 6.07) is 0. The maximum Gasteiger partial charge on any atom is 0.112 e. The van der Waals surface area contributed by atoms with E-state index in [2.05, 4.69) is 21.8 Å². The lowest BCUT2D eigenvalue weighted by atomic mass is 10.1. The van der Waals surface area contributed by atoms with Crippen LogP contribution in [0.25, 0.3) is 0 Å². The summed E-state index contributed by atoms with van der Waals surface area (Å²) >= 11 is 0. The van der Waals surface area contributed by atoms with Crippen LogP contribution in [0, 0.1) is 5.92 Å². The summed E-state index contributed by atoms with van der Waals surface area (Å²) in [5, 5.41) is 3.46. The molecule has 3 aliphatic rings. The molecule has 2 fully saturated rings. The second kappa shape index (κ2) is 4.60. The highest BCUT2D eigenvalue weighted by atomic mass is 15.2. The maximum atomic E-state index is 4.96. The number of hydrogen-bond acceptors (Lipinski definition) is 3. The van der Waals surface area contributed by atoms with Gasteiger partial charge in [0.25, 0.3) is 0 Å². The molecule has 1 N–H and O–H groups in total. The normalized spacial score (nSPS) is 27.7. The average molecular weight is 260 g/mol. The Bertz CT molecular complexity index is 475. The van der Waals surface area contributed by atoms with Crippen molar-refractivity contribution in [2.24, 2.45) is 5.92 Å². The summed E-state index contributed by atoms with van der Waals surface area (Å²) in [6.45, 7) is 5.83. The van der Waals surface area contributed by atoms with E-state index in [4.69, 9.17) is 4.98 Å². The van der Waals surface area contributed by atoms with E-state index < -0.39 is 0 Å². The van der Waals surface area contributed by atoms with Gasteiger partial charge in [-0.05, 0) is 38.8 Å². The molecule has 1 aliphatic carbocycles. The van der Waals surface area contributed by atoms with Gasteiger partial charge in [-0.2, -0.15) is 0 Å². The monoisotopic (exact) mass is 260 g/mol. The van der Waals surface area contributed by atoms with Gasteiger partial charge in [-0.3, -0.25) is 0 Å². The zero-order valence-electron chi connectivity index (χ0n) is 11.9. The van der Waals surface area contributed by atoms with Gasteiger partial charge in [-0.25, -0.2) is 4.98 Å². The van der Waals surface area contributed by atoms with E-state index in [1.807, 2.05) is 0 Å². The van der Waals surface area contributed by atoms with Crippen molar-refractivity contribution in [1.82, 2.24) is 19.8 Å². The van der Waals surface area contributed by atoms with Gasteiger partial charge in [0.05, 0.1) is 5.69 Å². The van der Waals surface area contributed by atoms with Gasteiger partial charge in [0.2, 0.25) is 0 Å². The van der Waals surface area contributed by atoms with E-state index in [0.717, 1.165) is 31.3 Å². The van der Waals surface area contributed by atoms with Gasteiger partial charge in [-0.1, -0.05) is 0 Å². The smallest absolute Gasteiger partial charge is 0.112 e. The molecule has 4 heteroatoms. The first-order chi connectivity index (χ1) is 9.31. The molecule has 0 aromatic carbocycles. The van der Waals surface area contributed by atoms with Crippen LogP contribution in [-0.2, 0) is 19.5 Å². The minimum atomic E-state index is 0.768. The van der Waals surface area contributed by atoms with E-state index in [1.54, 1.807) is 0 Å². The van der Waals surface area contributed by atoms with Crippen molar-refractivity contribution in [3.63, 3.8) is 0 Å². The number of imidazole rings is 1. The highest BCUT2D eigenvalue weighted by molar-refractivity contribution is 5.24. The van der Waals surface area contributed by atoms with Crippen molar-refractivity contribution in [2.45, 2.75) is 44.7 Å². The molecular formula is C15H24N4. The van der Waals surface area contributed by atoms with Crippen LogP contribution in [-0.4, -0.2) is 41.1 Å². The number of fused-ring (bicyclic) bond motifs is 1. The quantitative estimate of drug-likeness (QED) is 0.891. The number of nitrogens with one attached hydrogen (secondary N) is 1. The van der Waals surface area contributed by atoms with Gasteiger partial charge in [0, 0.05) is 44.2 Å². The fourth-order valence-corrected chi connectivity index (χ4v) is 3.68. The van der Waals surface area contributed by atoms with Crippen molar-refractivity contribution in [1.29, 1.82) is 0 Å². The fraction of sp³-hybridized carbons (Fsp3) is 0.800. The number of nitrogens with zero attached hydrogens (tertiary/aromatic N) is 3. The van der Waals surface area contributed by atoms with Crippen LogP contribution in [0.15, 0.2) is 0 Å². The summed E-state index contributed by atoms with van der Waals surface area (Å²) < 4.78 is 2.61. The minimum absolute atomic E-state index is 0.768. The van der Waals surface area contributed by atoms with Crippen LogP contribution in [0.4, 0.5) is 0 Å². The second-order valence-corrected chi connectivity index (χ2v) is 6.59. The van der Waals surface area contributed by atoms with Gasteiger partial charge < -0.3 is 14.8 Å². The summed E-state index contributed by atoms with van der Waals surface area (Å²) in [5.41, 5.74) is 2.87. The van der Waals surface area contributed by atoms with Crippen molar-refractivity contribution in [3.8, 4) is 0 Å². The first kappa shape index (κ1) is 11.9. The molecule has 104 valence electrons. The van der Waals surface area contributed by atoms with Crippen LogP contribution < -0.4 is 5.32 Å². The standard InChI is InChI=1S/C15H24N4/c1-18-7-5-11(9-18)10-19-14-4-6-16-8-13(14)17-15(19)12-2-3-12/h11-12,16H,2-10H2,1H3. The van der Waals surface area contributed by atoms with Crippen molar-refractivity contribution < 1.29 is 0 Å². The van der Waals surface area contributed by atoms with E-state index in [0.29, 0.717) is 0 Å². The molecule has 1 saturated carbocycles. The Morgan fingerprint density at radius 2 is 2.21 bits per heavy atom. The molecule has 2 aliphatic heterocycles. The Labute approximate surface area is 115 Å². The third-order valence-corrected chi connectivity index (χ3v) is 4.89. The number of aromatic nitrogens is 2.